The van der Waals surface area contributed by atoms with E-state index >= 15 is 0 Å². The predicted molar refractivity (Wildman–Crippen MR) is 89.8 cm³/mol. The number of carbonyl (C=O) groups excluding carboxylic acids is 1. The molecule has 0 aromatic heterocycles. The highest BCUT2D eigenvalue weighted by Gasteiger charge is 2.19. The fraction of sp³-hybridized carbons (Fsp3) is 0.611. The number of hydrogen-bond donors (Lipinski definition) is 2. The third kappa shape index (κ3) is 4.82. The lowest BCUT2D eigenvalue weighted by Gasteiger charge is -2.33. The zero-order chi connectivity index (χ0) is 15.9. The fourth-order valence-electron chi connectivity index (χ4n) is 2.98. The second-order valence-corrected chi connectivity index (χ2v) is 6.21. The van der Waals surface area contributed by atoms with Crippen LogP contribution in [0.15, 0.2) is 24.3 Å². The molecule has 122 valence electrons. The summed E-state index contributed by atoms with van der Waals surface area (Å²) >= 11 is 0. The van der Waals surface area contributed by atoms with Crippen LogP contribution < -0.4 is 5.32 Å². The summed E-state index contributed by atoms with van der Waals surface area (Å²) in [4.78, 5) is 13.8. The van der Waals surface area contributed by atoms with E-state index in [1.807, 2.05) is 31.2 Å². The minimum Gasteiger partial charge on any atom is -0.388 e. The maximum absolute atomic E-state index is 11.3. The molecule has 1 amide bonds. The van der Waals surface area contributed by atoms with E-state index in [0.717, 1.165) is 30.8 Å². The van der Waals surface area contributed by atoms with Gasteiger partial charge in [0.1, 0.15) is 0 Å². The largest absolute Gasteiger partial charge is 0.388 e. The molecule has 22 heavy (non-hydrogen) atoms. The molecule has 4 heteroatoms. The van der Waals surface area contributed by atoms with Gasteiger partial charge in [-0.1, -0.05) is 25.5 Å². The highest BCUT2D eigenvalue weighted by Crippen LogP contribution is 2.22. The quantitative estimate of drug-likeness (QED) is 0.847. The van der Waals surface area contributed by atoms with Gasteiger partial charge in [0.25, 0.3) is 0 Å². The second kappa shape index (κ2) is 8.30. The first kappa shape index (κ1) is 17.0. The molecular formula is C18H28N2O2. The van der Waals surface area contributed by atoms with Crippen molar-refractivity contribution in [1.82, 2.24) is 4.90 Å². The minimum absolute atomic E-state index is 0.00684. The number of piperidine rings is 1. The number of anilines is 1. The smallest absolute Gasteiger partial charge is 0.224 e. The maximum atomic E-state index is 11.3. The van der Waals surface area contributed by atoms with Gasteiger partial charge < -0.3 is 15.3 Å². The molecule has 0 aliphatic carbocycles. The molecule has 2 N–H and O–H groups in total. The summed E-state index contributed by atoms with van der Waals surface area (Å²) in [5, 5.41) is 13.2. The highest BCUT2D eigenvalue weighted by molar-refractivity contribution is 5.90. The molecule has 1 aliphatic heterocycles. The lowest BCUT2D eigenvalue weighted by molar-refractivity contribution is -0.115. The van der Waals surface area contributed by atoms with Crippen LogP contribution in [0.2, 0.25) is 0 Å². The van der Waals surface area contributed by atoms with Crippen LogP contribution in [0, 0.1) is 0 Å². The Bertz CT molecular complexity index is 472. The van der Waals surface area contributed by atoms with Gasteiger partial charge in [0, 0.05) is 24.7 Å². The number of carbonyl (C=O) groups is 1. The molecule has 0 bridgehead atoms. The fourth-order valence-corrected chi connectivity index (χ4v) is 2.98. The average molecular weight is 304 g/mol. The van der Waals surface area contributed by atoms with Crippen molar-refractivity contribution in [2.24, 2.45) is 0 Å². The molecule has 2 atom stereocenters. The molecule has 1 saturated heterocycles. The van der Waals surface area contributed by atoms with Crippen LogP contribution in [0.5, 0.6) is 0 Å². The van der Waals surface area contributed by atoms with Crippen molar-refractivity contribution in [2.45, 2.75) is 58.1 Å². The Morgan fingerprint density at radius 2 is 2.09 bits per heavy atom. The monoisotopic (exact) mass is 304 g/mol. The van der Waals surface area contributed by atoms with Crippen LogP contribution in [-0.4, -0.2) is 35.0 Å². The Morgan fingerprint density at radius 1 is 1.36 bits per heavy atom. The molecule has 0 radical (unpaired) electrons. The highest BCUT2D eigenvalue weighted by atomic mass is 16.3. The summed E-state index contributed by atoms with van der Waals surface area (Å²) in [6, 6.07) is 8.14. The van der Waals surface area contributed by atoms with E-state index in [1.54, 1.807) is 0 Å². The van der Waals surface area contributed by atoms with Gasteiger partial charge in [0.15, 0.2) is 0 Å². The molecule has 0 saturated carbocycles. The minimum atomic E-state index is -0.440. The van der Waals surface area contributed by atoms with E-state index in [-0.39, 0.29) is 5.91 Å². The Labute approximate surface area is 133 Å². The second-order valence-electron chi connectivity index (χ2n) is 6.21. The molecule has 4 nitrogen and oxygen atoms in total. The van der Waals surface area contributed by atoms with Gasteiger partial charge in [-0.2, -0.15) is 0 Å². The number of benzene rings is 1. The van der Waals surface area contributed by atoms with Gasteiger partial charge in [-0.3, -0.25) is 4.79 Å². The van der Waals surface area contributed by atoms with E-state index in [0.29, 0.717) is 12.5 Å². The average Bonchev–Trinajstić information content (AvgIpc) is 2.54. The summed E-state index contributed by atoms with van der Waals surface area (Å²) in [7, 11) is 0. The van der Waals surface area contributed by atoms with Gasteiger partial charge in [0.2, 0.25) is 5.91 Å². The van der Waals surface area contributed by atoms with Crippen molar-refractivity contribution in [2.75, 3.05) is 18.4 Å². The van der Waals surface area contributed by atoms with Crippen molar-refractivity contribution < 1.29 is 9.90 Å². The SMILES string of the molecule is CCC(=O)Nc1ccc(C(O)CCN2CCCCC2C)cc1. The van der Waals surface area contributed by atoms with Gasteiger partial charge in [-0.05, 0) is 50.4 Å². The summed E-state index contributed by atoms with van der Waals surface area (Å²) in [5.74, 6) is 0.00684. The Morgan fingerprint density at radius 3 is 2.73 bits per heavy atom. The first-order valence-electron chi connectivity index (χ1n) is 8.42. The number of amides is 1. The van der Waals surface area contributed by atoms with Crippen LogP contribution in [0.1, 0.15) is 57.6 Å². The Hall–Kier alpha value is -1.39. The van der Waals surface area contributed by atoms with Crippen molar-refractivity contribution in [3.05, 3.63) is 29.8 Å². The number of aliphatic hydroxyl groups excluding tert-OH is 1. The molecule has 2 rings (SSSR count). The summed E-state index contributed by atoms with van der Waals surface area (Å²) < 4.78 is 0. The zero-order valence-corrected chi connectivity index (χ0v) is 13.7. The first-order valence-corrected chi connectivity index (χ1v) is 8.42. The topological polar surface area (TPSA) is 52.6 Å². The molecule has 0 spiro atoms. The van der Waals surface area contributed by atoms with Crippen LogP contribution in [-0.2, 0) is 4.79 Å². The molecule has 1 aliphatic rings. The van der Waals surface area contributed by atoms with Gasteiger partial charge in [-0.25, -0.2) is 0 Å². The molecule has 1 aromatic carbocycles. The van der Waals surface area contributed by atoms with Crippen LogP contribution in [0.25, 0.3) is 0 Å². The first-order chi connectivity index (χ1) is 10.6. The molecule has 2 unspecified atom stereocenters. The predicted octanol–water partition coefficient (Wildman–Crippen LogP) is 3.33. The van der Waals surface area contributed by atoms with Crippen molar-refractivity contribution in [3.8, 4) is 0 Å². The van der Waals surface area contributed by atoms with Crippen molar-refractivity contribution in [3.63, 3.8) is 0 Å². The van der Waals surface area contributed by atoms with Crippen LogP contribution >= 0.6 is 0 Å². The number of likely N-dealkylation sites (tertiary alicyclic amines) is 1. The van der Waals surface area contributed by atoms with Crippen molar-refractivity contribution >= 4 is 11.6 Å². The van der Waals surface area contributed by atoms with Crippen LogP contribution in [0.3, 0.4) is 0 Å². The zero-order valence-electron chi connectivity index (χ0n) is 13.7. The lowest BCUT2D eigenvalue weighted by Crippen LogP contribution is -2.38. The van der Waals surface area contributed by atoms with Crippen LogP contribution in [0.4, 0.5) is 5.69 Å². The van der Waals surface area contributed by atoms with E-state index in [2.05, 4.69) is 17.1 Å². The molecule has 1 heterocycles. The summed E-state index contributed by atoms with van der Waals surface area (Å²) in [5.41, 5.74) is 1.70. The van der Waals surface area contributed by atoms with E-state index < -0.39 is 6.10 Å². The molecule has 1 aromatic rings. The standard InChI is InChI=1S/C18H28N2O2/c1-3-18(22)19-16-9-7-15(8-10-16)17(21)11-13-20-12-5-4-6-14(20)2/h7-10,14,17,21H,3-6,11-13H2,1-2H3,(H,19,22). The van der Waals surface area contributed by atoms with E-state index in [9.17, 15) is 9.90 Å². The lowest BCUT2D eigenvalue weighted by atomic mass is 10.0. The number of nitrogens with one attached hydrogen (secondary N) is 1. The number of aliphatic hydroxyl groups is 1. The van der Waals surface area contributed by atoms with E-state index in [1.165, 1.54) is 19.3 Å². The normalized spacial score (nSPS) is 20.6. The van der Waals surface area contributed by atoms with Crippen molar-refractivity contribution in [1.29, 1.82) is 0 Å². The van der Waals surface area contributed by atoms with Gasteiger partial charge >= 0.3 is 0 Å². The van der Waals surface area contributed by atoms with E-state index in [4.69, 9.17) is 0 Å². The number of nitrogens with zero attached hydrogens (tertiary/aromatic N) is 1. The maximum Gasteiger partial charge on any atom is 0.224 e. The van der Waals surface area contributed by atoms with Gasteiger partial charge in [0.05, 0.1) is 6.10 Å². The summed E-state index contributed by atoms with van der Waals surface area (Å²) in [6.45, 7) is 6.19. The molecular weight excluding hydrogens is 276 g/mol. The number of rotatable bonds is 6. The Kier molecular flexibility index (Phi) is 6.40. The molecule has 1 fully saturated rings. The third-order valence-electron chi connectivity index (χ3n) is 4.53. The Balaban J connectivity index is 1.84. The number of hydrogen-bond acceptors (Lipinski definition) is 3. The third-order valence-corrected chi connectivity index (χ3v) is 4.53. The van der Waals surface area contributed by atoms with Gasteiger partial charge in [-0.15, -0.1) is 0 Å². The summed E-state index contributed by atoms with van der Waals surface area (Å²) in [6.07, 6.45) is 4.65.